The topological polar surface area (TPSA) is 85.9 Å². The molecule has 0 bridgehead atoms. The number of nitrogens with two attached hydrogens (primary N) is 1. The van der Waals surface area contributed by atoms with E-state index < -0.39 is 5.97 Å². The summed E-state index contributed by atoms with van der Waals surface area (Å²) < 4.78 is 5.61. The lowest BCUT2D eigenvalue weighted by molar-refractivity contribution is 0.0343. The zero-order valence-electron chi connectivity index (χ0n) is 13.7. The van der Waals surface area contributed by atoms with Gasteiger partial charge in [-0.1, -0.05) is 30.3 Å². The van der Waals surface area contributed by atoms with Gasteiger partial charge in [-0.25, -0.2) is 9.79 Å². The molecule has 0 amide bonds. The number of nitrogens with zero attached hydrogens (tertiary/aromatic N) is 1. The first-order valence-corrected chi connectivity index (χ1v) is 8.26. The molecular formula is C19H19N3O3. The first kappa shape index (κ1) is 15.5. The Hall–Kier alpha value is -3.02. The van der Waals surface area contributed by atoms with Crippen LogP contribution in [0.15, 0.2) is 53.5 Å². The van der Waals surface area contributed by atoms with Crippen LogP contribution in [0.1, 0.15) is 27.9 Å². The van der Waals surface area contributed by atoms with Gasteiger partial charge in [0.25, 0.3) is 0 Å². The minimum atomic E-state index is -0.480. The first-order valence-electron chi connectivity index (χ1n) is 8.26. The molecule has 2 aromatic rings. The fourth-order valence-corrected chi connectivity index (χ4v) is 3.37. The second-order valence-corrected chi connectivity index (χ2v) is 6.45. The van der Waals surface area contributed by atoms with Crippen LogP contribution in [0.2, 0.25) is 0 Å². The highest BCUT2D eigenvalue weighted by molar-refractivity contribution is 5.90. The van der Waals surface area contributed by atoms with Crippen molar-refractivity contribution in [1.29, 1.82) is 0 Å². The van der Waals surface area contributed by atoms with Gasteiger partial charge in [-0.2, -0.15) is 5.48 Å². The number of anilines is 1. The van der Waals surface area contributed by atoms with Crippen LogP contribution in [0.25, 0.3) is 0 Å². The van der Waals surface area contributed by atoms with Crippen molar-refractivity contribution < 1.29 is 14.4 Å². The van der Waals surface area contributed by atoms with Gasteiger partial charge in [-0.15, -0.1) is 0 Å². The fraction of sp³-hybridized carbons (Fsp3) is 0.263. The number of carbonyl (C=O) groups is 1. The molecule has 0 radical (unpaired) electrons. The number of benzene rings is 2. The molecule has 2 aliphatic rings. The Kier molecular flexibility index (Phi) is 3.80. The fourth-order valence-electron chi connectivity index (χ4n) is 3.37. The van der Waals surface area contributed by atoms with Gasteiger partial charge in [-0.05, 0) is 42.2 Å². The molecule has 4 rings (SSSR count). The summed E-state index contributed by atoms with van der Waals surface area (Å²) in [5, 5.41) is 0. The van der Waals surface area contributed by atoms with E-state index in [4.69, 9.17) is 15.3 Å². The monoisotopic (exact) mass is 337 g/mol. The van der Waals surface area contributed by atoms with Crippen molar-refractivity contribution in [2.24, 2.45) is 4.99 Å². The smallest absolute Gasteiger partial charge is 0.363 e. The van der Waals surface area contributed by atoms with Gasteiger partial charge in [-0.3, -0.25) is 0 Å². The zero-order chi connectivity index (χ0) is 17.3. The summed E-state index contributed by atoms with van der Waals surface area (Å²) >= 11 is 0. The molecule has 3 N–H and O–H groups in total. The summed E-state index contributed by atoms with van der Waals surface area (Å²) in [6, 6.07) is 15.0. The Bertz CT molecular complexity index is 835. The maximum atomic E-state index is 12.0. The summed E-state index contributed by atoms with van der Waals surface area (Å²) in [5.41, 5.74) is 12.0. The van der Waals surface area contributed by atoms with Crippen LogP contribution >= 0.6 is 0 Å². The number of nitrogen functional groups attached to an aromatic ring is 1. The molecule has 0 saturated heterocycles. The lowest BCUT2D eigenvalue weighted by Crippen LogP contribution is -2.36. The number of aliphatic imine (C=N–C) groups is 1. The van der Waals surface area contributed by atoms with E-state index in [-0.39, 0.29) is 11.6 Å². The SMILES string of the molecule is Nc1cccc2c1CC1(CC2)COC(NOC(=O)c2ccccc2)=N1. The number of amidine groups is 1. The second kappa shape index (κ2) is 6.12. The average molecular weight is 337 g/mol. The van der Waals surface area contributed by atoms with E-state index in [1.54, 1.807) is 24.3 Å². The molecule has 1 unspecified atom stereocenters. The number of hydrogen-bond donors (Lipinski definition) is 2. The minimum Gasteiger partial charge on any atom is -0.461 e. The third-order valence-electron chi connectivity index (χ3n) is 4.73. The maximum absolute atomic E-state index is 12.0. The summed E-state index contributed by atoms with van der Waals surface area (Å²) in [5.74, 6) is -0.480. The normalized spacial score (nSPS) is 21.2. The van der Waals surface area contributed by atoms with E-state index in [0.29, 0.717) is 12.2 Å². The Morgan fingerprint density at radius 1 is 1.20 bits per heavy atom. The number of hydrogen-bond acceptors (Lipinski definition) is 6. The molecule has 0 aromatic heterocycles. The number of hydroxylamine groups is 1. The van der Waals surface area contributed by atoms with Gasteiger partial charge in [0.2, 0.25) is 0 Å². The van der Waals surface area contributed by atoms with E-state index in [1.807, 2.05) is 18.2 Å². The largest absolute Gasteiger partial charge is 0.461 e. The van der Waals surface area contributed by atoms with Crippen molar-refractivity contribution in [1.82, 2.24) is 5.48 Å². The van der Waals surface area contributed by atoms with Crippen molar-refractivity contribution >= 4 is 17.7 Å². The lowest BCUT2D eigenvalue weighted by atomic mass is 9.78. The van der Waals surface area contributed by atoms with Gasteiger partial charge in [0, 0.05) is 12.1 Å². The van der Waals surface area contributed by atoms with Crippen molar-refractivity contribution in [3.8, 4) is 0 Å². The summed E-state index contributed by atoms with van der Waals surface area (Å²) in [6.07, 6.45) is 2.51. The highest BCUT2D eigenvalue weighted by atomic mass is 16.7. The second-order valence-electron chi connectivity index (χ2n) is 6.45. The molecule has 25 heavy (non-hydrogen) atoms. The third kappa shape index (κ3) is 3.03. The van der Waals surface area contributed by atoms with Crippen molar-refractivity contribution in [3.63, 3.8) is 0 Å². The molecule has 0 saturated carbocycles. The van der Waals surface area contributed by atoms with Gasteiger partial charge >= 0.3 is 12.0 Å². The molecule has 6 nitrogen and oxygen atoms in total. The highest BCUT2D eigenvalue weighted by Gasteiger charge is 2.40. The van der Waals surface area contributed by atoms with Crippen molar-refractivity contribution in [2.75, 3.05) is 12.3 Å². The standard InChI is InChI=1S/C19H19N3O3/c20-16-8-4-7-13-9-10-19(11-15(13)16)12-24-18(21-19)22-25-17(23)14-5-2-1-3-6-14/h1-8H,9-12,20H2,(H,21,22). The zero-order valence-corrected chi connectivity index (χ0v) is 13.7. The van der Waals surface area contributed by atoms with Crippen molar-refractivity contribution in [3.05, 3.63) is 65.2 Å². The highest BCUT2D eigenvalue weighted by Crippen LogP contribution is 2.36. The maximum Gasteiger partial charge on any atom is 0.363 e. The van der Waals surface area contributed by atoms with Crippen molar-refractivity contribution in [2.45, 2.75) is 24.8 Å². The van der Waals surface area contributed by atoms with Gasteiger partial charge < -0.3 is 15.3 Å². The van der Waals surface area contributed by atoms with Gasteiger partial charge in [0.15, 0.2) is 0 Å². The summed E-state index contributed by atoms with van der Waals surface area (Å²) in [4.78, 5) is 21.7. The third-order valence-corrected chi connectivity index (χ3v) is 4.73. The number of aryl methyl sites for hydroxylation is 1. The van der Waals surface area contributed by atoms with Gasteiger partial charge in [0.05, 0.1) is 5.56 Å². The van der Waals surface area contributed by atoms with Crippen LogP contribution in [0.3, 0.4) is 0 Å². The predicted octanol–water partition coefficient (Wildman–Crippen LogP) is 2.24. The van der Waals surface area contributed by atoms with E-state index >= 15 is 0 Å². The average Bonchev–Trinajstić information content (AvgIpc) is 3.04. The molecule has 1 heterocycles. The van der Waals surface area contributed by atoms with E-state index in [9.17, 15) is 4.79 Å². The number of ether oxygens (including phenoxy) is 1. The number of nitrogens with one attached hydrogen (secondary N) is 1. The Morgan fingerprint density at radius 2 is 2.04 bits per heavy atom. The quantitative estimate of drug-likeness (QED) is 0.616. The van der Waals surface area contributed by atoms with Crippen LogP contribution in [0.4, 0.5) is 5.69 Å². The lowest BCUT2D eigenvalue weighted by Gasteiger charge is -2.30. The molecule has 2 aromatic carbocycles. The Morgan fingerprint density at radius 3 is 2.88 bits per heavy atom. The Labute approximate surface area is 145 Å². The first-order chi connectivity index (χ1) is 12.2. The summed E-state index contributed by atoms with van der Waals surface area (Å²) in [6.45, 7) is 0.450. The van der Waals surface area contributed by atoms with Crippen LogP contribution < -0.4 is 11.2 Å². The molecule has 1 spiro atoms. The van der Waals surface area contributed by atoms with E-state index in [2.05, 4.69) is 16.5 Å². The van der Waals surface area contributed by atoms with Crippen LogP contribution in [0.5, 0.6) is 0 Å². The molecule has 1 aliphatic carbocycles. The molecular weight excluding hydrogens is 318 g/mol. The van der Waals surface area contributed by atoms with Gasteiger partial charge in [0.1, 0.15) is 12.1 Å². The molecule has 1 atom stereocenters. The molecule has 6 heteroatoms. The summed E-state index contributed by atoms with van der Waals surface area (Å²) in [7, 11) is 0. The Balaban J connectivity index is 1.44. The number of fused-ring (bicyclic) bond motifs is 1. The van der Waals surface area contributed by atoms with Crippen LogP contribution in [0, 0.1) is 0 Å². The predicted molar refractivity (Wildman–Crippen MR) is 94.0 cm³/mol. The number of carbonyl (C=O) groups excluding carboxylic acids is 1. The minimum absolute atomic E-state index is 0.238. The molecule has 128 valence electrons. The molecule has 1 aliphatic heterocycles. The van der Waals surface area contributed by atoms with E-state index in [0.717, 1.165) is 30.5 Å². The van der Waals surface area contributed by atoms with Crippen LogP contribution in [-0.2, 0) is 22.4 Å². The van der Waals surface area contributed by atoms with Crippen LogP contribution in [-0.4, -0.2) is 24.1 Å². The molecule has 0 fully saturated rings. The van der Waals surface area contributed by atoms with E-state index in [1.165, 1.54) is 5.56 Å². The number of rotatable bonds is 1.